The predicted octanol–water partition coefficient (Wildman–Crippen LogP) is 5.81. The summed E-state index contributed by atoms with van der Waals surface area (Å²) in [5.74, 6) is 1.83. The van der Waals surface area contributed by atoms with Crippen molar-refractivity contribution in [2.45, 2.75) is 30.9 Å². The first-order valence-corrected chi connectivity index (χ1v) is 12.8. The summed E-state index contributed by atoms with van der Waals surface area (Å²) in [4.78, 5) is 11.3. The number of aryl methyl sites for hydroxylation is 1. The lowest BCUT2D eigenvalue weighted by Crippen LogP contribution is -2.12. The van der Waals surface area contributed by atoms with Gasteiger partial charge in [-0.25, -0.2) is 4.39 Å². The number of methoxy groups -OCH3 is 1. The van der Waals surface area contributed by atoms with Gasteiger partial charge in [0.05, 0.1) is 13.7 Å². The highest BCUT2D eigenvalue weighted by Crippen LogP contribution is 2.40. The highest BCUT2D eigenvalue weighted by Gasteiger charge is 2.25. The second kappa shape index (κ2) is 12.4. The molecule has 0 amide bonds. The highest BCUT2D eigenvalue weighted by molar-refractivity contribution is 7.99. The van der Waals surface area contributed by atoms with E-state index in [2.05, 4.69) is 10.2 Å². The molecule has 3 aromatic carbocycles. The van der Waals surface area contributed by atoms with Gasteiger partial charge < -0.3 is 14.2 Å². The van der Waals surface area contributed by atoms with Gasteiger partial charge in [0, 0.05) is 16.2 Å². The van der Waals surface area contributed by atoms with Gasteiger partial charge in [-0.15, -0.1) is 10.2 Å². The van der Waals surface area contributed by atoms with Crippen LogP contribution in [0.1, 0.15) is 29.1 Å². The Morgan fingerprint density at radius 2 is 1.82 bits per heavy atom. The average Bonchev–Trinajstić information content (AvgIpc) is 3.28. The van der Waals surface area contributed by atoms with Gasteiger partial charge in [-0.2, -0.15) is 0 Å². The van der Waals surface area contributed by atoms with E-state index in [1.54, 1.807) is 43.5 Å². The summed E-state index contributed by atoms with van der Waals surface area (Å²) in [5.41, 5.74) is 1.88. The van der Waals surface area contributed by atoms with E-state index < -0.39 is 5.25 Å². The zero-order chi connectivity index (χ0) is 27.1. The lowest BCUT2D eigenvalue weighted by Gasteiger charge is -2.17. The Kier molecular flexibility index (Phi) is 8.80. The maximum absolute atomic E-state index is 14.0. The number of nitrogens with zero attached hydrogens (tertiary/aromatic N) is 4. The Morgan fingerprint density at radius 3 is 2.50 bits per heavy atom. The lowest BCUT2D eigenvalue weighted by molar-refractivity contribution is -0.479. The fraction of sp³-hybridized carbons (Fsp3) is 0.259. The van der Waals surface area contributed by atoms with Crippen molar-refractivity contribution in [3.63, 3.8) is 0 Å². The molecule has 4 rings (SSSR count). The Bertz CT molecular complexity index is 1400. The quantitative estimate of drug-likeness (QED) is 0.127. The van der Waals surface area contributed by atoms with Crippen LogP contribution in [0, 0.1) is 22.9 Å². The van der Waals surface area contributed by atoms with Crippen LogP contribution < -0.4 is 14.2 Å². The van der Waals surface area contributed by atoms with Gasteiger partial charge in [-0.05, 0) is 61.9 Å². The van der Waals surface area contributed by atoms with Crippen molar-refractivity contribution in [3.05, 3.63) is 99.6 Å². The van der Waals surface area contributed by atoms with Crippen molar-refractivity contribution >= 4 is 11.8 Å². The molecule has 0 radical (unpaired) electrons. The lowest BCUT2D eigenvalue weighted by atomic mass is 10.1. The summed E-state index contributed by atoms with van der Waals surface area (Å²) in [6.45, 7) is 3.68. The molecule has 0 N–H and O–H groups in total. The molecule has 1 heterocycles. The van der Waals surface area contributed by atoms with Crippen LogP contribution in [0.2, 0.25) is 0 Å². The average molecular weight is 539 g/mol. The molecular formula is C27H27FN4O5S. The van der Waals surface area contributed by atoms with Crippen molar-refractivity contribution in [1.29, 1.82) is 0 Å². The van der Waals surface area contributed by atoms with Crippen LogP contribution in [0.25, 0.3) is 5.69 Å². The van der Waals surface area contributed by atoms with Crippen LogP contribution in [-0.4, -0.2) is 39.9 Å². The van der Waals surface area contributed by atoms with E-state index in [1.165, 1.54) is 17.8 Å². The molecule has 0 bridgehead atoms. The van der Waals surface area contributed by atoms with E-state index >= 15 is 0 Å². The maximum atomic E-state index is 14.0. The summed E-state index contributed by atoms with van der Waals surface area (Å²) in [7, 11) is 1.59. The maximum Gasteiger partial charge on any atom is 0.220 e. The van der Waals surface area contributed by atoms with E-state index in [4.69, 9.17) is 14.2 Å². The van der Waals surface area contributed by atoms with Crippen molar-refractivity contribution in [3.8, 4) is 22.9 Å². The molecule has 0 spiro atoms. The SMILES string of the molecule is CCOc1cc([C@@H](C[N+](=O)[O-])Sc2nnc(C)n2-c2ccc(OC)cc2)ccc1OCc1ccccc1F. The Balaban J connectivity index is 1.62. The summed E-state index contributed by atoms with van der Waals surface area (Å²) in [6.07, 6.45) is 0. The molecule has 1 atom stereocenters. The Morgan fingerprint density at radius 1 is 1.05 bits per heavy atom. The minimum absolute atomic E-state index is 0.0173. The van der Waals surface area contributed by atoms with Crippen LogP contribution in [0.15, 0.2) is 71.9 Å². The zero-order valence-corrected chi connectivity index (χ0v) is 22.0. The van der Waals surface area contributed by atoms with Crippen LogP contribution in [0.4, 0.5) is 4.39 Å². The van der Waals surface area contributed by atoms with Crippen LogP contribution in [0.5, 0.6) is 17.2 Å². The molecule has 0 fully saturated rings. The van der Waals surface area contributed by atoms with Crippen molar-refractivity contribution in [2.24, 2.45) is 0 Å². The molecule has 0 saturated heterocycles. The van der Waals surface area contributed by atoms with Crippen LogP contribution in [-0.2, 0) is 6.61 Å². The largest absolute Gasteiger partial charge is 0.497 e. The first-order chi connectivity index (χ1) is 18.4. The molecule has 0 aliphatic heterocycles. The van der Waals surface area contributed by atoms with Crippen LogP contribution >= 0.6 is 11.8 Å². The molecule has 1 aromatic heterocycles. The molecule has 0 aliphatic carbocycles. The first kappa shape index (κ1) is 26.9. The number of hydrogen-bond donors (Lipinski definition) is 0. The monoisotopic (exact) mass is 538 g/mol. The van der Waals surface area contributed by atoms with Gasteiger partial charge in [-0.3, -0.25) is 14.7 Å². The normalized spacial score (nSPS) is 11.7. The number of halogens is 1. The number of hydrogen-bond acceptors (Lipinski definition) is 8. The molecule has 0 unspecified atom stereocenters. The molecule has 0 saturated carbocycles. The molecule has 4 aromatic rings. The minimum atomic E-state index is -0.592. The summed E-state index contributed by atoms with van der Waals surface area (Å²) in [5, 5.41) is 20.0. The number of rotatable bonds is 12. The zero-order valence-electron chi connectivity index (χ0n) is 21.2. The summed E-state index contributed by atoms with van der Waals surface area (Å²) >= 11 is 1.24. The number of ether oxygens (including phenoxy) is 3. The molecule has 38 heavy (non-hydrogen) atoms. The first-order valence-electron chi connectivity index (χ1n) is 11.9. The Labute approximate surface area is 223 Å². The smallest absolute Gasteiger partial charge is 0.220 e. The van der Waals surface area contributed by atoms with E-state index in [0.29, 0.717) is 46.0 Å². The minimum Gasteiger partial charge on any atom is -0.497 e. The third-order valence-corrected chi connectivity index (χ3v) is 6.85. The number of nitro groups is 1. The summed E-state index contributed by atoms with van der Waals surface area (Å²) < 4.78 is 32.7. The number of aromatic nitrogens is 3. The van der Waals surface area contributed by atoms with Crippen molar-refractivity contribution < 1.29 is 23.5 Å². The second-order valence-electron chi connectivity index (χ2n) is 8.20. The molecule has 0 aliphatic rings. The highest BCUT2D eigenvalue weighted by atomic mass is 32.2. The van der Waals surface area contributed by atoms with E-state index in [1.807, 2.05) is 42.7 Å². The standard InChI is InChI=1S/C27H27FN4O5S/c1-4-36-25-15-19(9-14-24(25)37-17-20-7-5-6-8-23(20)28)26(16-31(33)34)38-27-30-29-18(2)32(27)21-10-12-22(35-3)13-11-21/h5-15,26H,4,16-17H2,1-3H3/t26-/m1/s1. The van der Waals surface area contributed by atoms with Gasteiger partial charge in [-0.1, -0.05) is 36.0 Å². The fourth-order valence-electron chi connectivity index (χ4n) is 3.80. The number of thioether (sulfide) groups is 1. The Hall–Kier alpha value is -4.12. The fourth-order valence-corrected chi connectivity index (χ4v) is 4.97. The van der Waals surface area contributed by atoms with E-state index in [0.717, 1.165) is 5.69 Å². The summed E-state index contributed by atoms with van der Waals surface area (Å²) in [6, 6.07) is 18.9. The van der Waals surface area contributed by atoms with Crippen molar-refractivity contribution in [1.82, 2.24) is 14.8 Å². The third kappa shape index (κ3) is 6.41. The second-order valence-corrected chi connectivity index (χ2v) is 9.37. The number of benzene rings is 3. The van der Waals surface area contributed by atoms with E-state index in [9.17, 15) is 14.5 Å². The molecule has 9 nitrogen and oxygen atoms in total. The van der Waals surface area contributed by atoms with Gasteiger partial charge >= 0.3 is 0 Å². The van der Waals surface area contributed by atoms with Gasteiger partial charge in [0.15, 0.2) is 16.7 Å². The van der Waals surface area contributed by atoms with Gasteiger partial charge in [0.1, 0.15) is 29.2 Å². The third-order valence-electron chi connectivity index (χ3n) is 5.67. The molecule has 11 heteroatoms. The van der Waals surface area contributed by atoms with E-state index in [-0.39, 0.29) is 23.9 Å². The topological polar surface area (TPSA) is 102 Å². The van der Waals surface area contributed by atoms with Gasteiger partial charge in [0.2, 0.25) is 6.54 Å². The van der Waals surface area contributed by atoms with Gasteiger partial charge in [0.25, 0.3) is 0 Å². The molecular weight excluding hydrogens is 511 g/mol. The van der Waals surface area contributed by atoms with Crippen molar-refractivity contribution in [2.75, 3.05) is 20.3 Å². The van der Waals surface area contributed by atoms with Crippen LogP contribution in [0.3, 0.4) is 0 Å². The predicted molar refractivity (Wildman–Crippen MR) is 141 cm³/mol. The molecule has 198 valence electrons.